The van der Waals surface area contributed by atoms with E-state index in [0.29, 0.717) is 62.0 Å². The number of nitrogens with one attached hydrogen (secondary N) is 6. The number of hydrogen-bond donors (Lipinski definition) is 7. The molecule has 0 saturated carbocycles. The normalized spacial score (nSPS) is 13.4. The van der Waals surface area contributed by atoms with Gasteiger partial charge in [-0.1, -0.05) is 48.4 Å². The minimum absolute atomic E-state index is 0.0269. The number of likely N-dealkylation sites (tertiary alicyclic amines) is 1. The number of hydrogen-bond acceptors (Lipinski definition) is 8. The Morgan fingerprint density at radius 2 is 1.42 bits per heavy atom. The van der Waals surface area contributed by atoms with Gasteiger partial charge in [-0.15, -0.1) is 0 Å². The second kappa shape index (κ2) is 21.7. The predicted octanol–water partition coefficient (Wildman–Crippen LogP) is 9.60. The summed E-state index contributed by atoms with van der Waals surface area (Å²) in [6.45, 7) is 3.43. The van der Waals surface area contributed by atoms with Crippen LogP contribution in [0.2, 0.25) is 5.02 Å². The lowest BCUT2D eigenvalue weighted by atomic mass is 10.0. The minimum atomic E-state index is -0.599. The lowest BCUT2D eigenvalue weighted by Crippen LogP contribution is -2.42. The summed E-state index contributed by atoms with van der Waals surface area (Å²) in [5, 5.41) is 18.9. The van der Waals surface area contributed by atoms with E-state index in [1.54, 1.807) is 60.8 Å². The van der Waals surface area contributed by atoms with Crippen molar-refractivity contribution in [2.45, 2.75) is 32.2 Å². The van der Waals surface area contributed by atoms with Gasteiger partial charge in [-0.3, -0.25) is 19.3 Å². The summed E-state index contributed by atoms with van der Waals surface area (Å²) < 4.78 is 18.9. The quantitative estimate of drug-likeness (QED) is 0.0614. The Balaban J connectivity index is 0.000000229. The number of nitrogens with zero attached hydrogens (tertiary/aromatic N) is 2. The van der Waals surface area contributed by atoms with Crippen LogP contribution in [-0.2, 0) is 4.79 Å². The summed E-state index contributed by atoms with van der Waals surface area (Å²) in [6, 6.07) is 32.9. The first-order valence-corrected chi connectivity index (χ1v) is 20.7. The van der Waals surface area contributed by atoms with Gasteiger partial charge in [0.15, 0.2) is 16.0 Å². The molecule has 1 unspecified atom stereocenters. The number of carbonyl (C=O) groups excluding carboxylic acids is 3. The van der Waals surface area contributed by atoms with Gasteiger partial charge in [-0.05, 0) is 141 Å². The monoisotopic (exact) mass is 891 g/mol. The number of amides is 3. The number of thiocarbonyl (C=S) groups is 2. The molecule has 13 nitrogen and oxygen atoms in total. The van der Waals surface area contributed by atoms with Gasteiger partial charge in [0.25, 0.3) is 11.8 Å². The highest BCUT2D eigenvalue weighted by atomic mass is 35.5. The molecule has 1 saturated heterocycles. The Labute approximate surface area is 373 Å². The van der Waals surface area contributed by atoms with E-state index in [1.807, 2.05) is 42.5 Å². The number of primary amides is 1. The Hall–Kier alpha value is -6.72. The third kappa shape index (κ3) is 12.9. The summed E-state index contributed by atoms with van der Waals surface area (Å²) in [6.07, 6.45) is 6.55. The number of anilines is 6. The van der Waals surface area contributed by atoms with Crippen molar-refractivity contribution in [3.8, 4) is 11.1 Å². The van der Waals surface area contributed by atoms with E-state index < -0.39 is 17.6 Å². The van der Waals surface area contributed by atoms with Crippen LogP contribution in [0.1, 0.15) is 47.1 Å². The van der Waals surface area contributed by atoms with Crippen LogP contribution in [0.4, 0.5) is 38.6 Å². The van der Waals surface area contributed by atoms with E-state index in [1.165, 1.54) is 30.9 Å². The highest BCUT2D eigenvalue weighted by Gasteiger charge is 2.21. The van der Waals surface area contributed by atoms with Crippen LogP contribution in [0.15, 0.2) is 132 Å². The smallest absolute Gasteiger partial charge is 0.285 e. The van der Waals surface area contributed by atoms with Crippen molar-refractivity contribution in [3.05, 3.63) is 150 Å². The molecule has 2 aromatic heterocycles. The third-order valence-electron chi connectivity index (χ3n) is 9.56. The SMILES string of the molecule is CC1CCCCN1CC(=O)Nc1ccc(NC(=S)Nc2ccc(NC(=O)c3ccccc3F)cc2)cc1Cl.NC(=O)c1occc1-c1ccc(NC(=S)Nc2ccccn2)cc1. The van der Waals surface area contributed by atoms with Gasteiger partial charge in [0.1, 0.15) is 11.6 Å². The van der Waals surface area contributed by atoms with E-state index in [-0.39, 0.29) is 17.2 Å². The van der Waals surface area contributed by atoms with E-state index in [9.17, 15) is 18.8 Å². The van der Waals surface area contributed by atoms with E-state index in [0.717, 1.165) is 30.6 Å². The van der Waals surface area contributed by atoms with E-state index in [4.69, 9.17) is 46.2 Å². The fraction of sp³-hybridized carbons (Fsp3) is 0.156. The molecule has 0 spiro atoms. The average Bonchev–Trinajstić information content (AvgIpc) is 3.75. The van der Waals surface area contributed by atoms with Crippen LogP contribution in [-0.4, -0.2) is 57.0 Å². The average molecular weight is 892 g/mol. The molecule has 1 atom stereocenters. The molecule has 3 amide bonds. The molecule has 0 bridgehead atoms. The molecule has 3 heterocycles. The molecule has 7 rings (SSSR count). The van der Waals surface area contributed by atoms with Crippen molar-refractivity contribution < 1.29 is 23.2 Å². The Kier molecular flexibility index (Phi) is 15.7. The molecule has 17 heteroatoms. The number of furan rings is 1. The van der Waals surface area contributed by atoms with Crippen LogP contribution >= 0.6 is 36.0 Å². The highest BCUT2D eigenvalue weighted by molar-refractivity contribution is 7.81. The van der Waals surface area contributed by atoms with E-state index >= 15 is 0 Å². The molecule has 1 aliphatic rings. The van der Waals surface area contributed by atoms with Gasteiger partial charge in [0.05, 0.1) is 29.1 Å². The Bertz CT molecular complexity index is 2530. The van der Waals surface area contributed by atoms with Crippen molar-refractivity contribution in [2.24, 2.45) is 5.73 Å². The number of rotatable bonds is 11. The van der Waals surface area contributed by atoms with Crippen molar-refractivity contribution in [3.63, 3.8) is 0 Å². The lowest BCUT2D eigenvalue weighted by Gasteiger charge is -2.32. The molecule has 8 N–H and O–H groups in total. The number of aromatic nitrogens is 1. The Morgan fingerprint density at radius 1 is 0.790 bits per heavy atom. The second-order valence-corrected chi connectivity index (χ2v) is 15.3. The lowest BCUT2D eigenvalue weighted by molar-refractivity contribution is -0.118. The molecule has 1 aliphatic heterocycles. The first-order valence-electron chi connectivity index (χ1n) is 19.5. The molecule has 0 aliphatic carbocycles. The van der Waals surface area contributed by atoms with Crippen LogP contribution in [0, 0.1) is 5.82 Å². The molecule has 4 aromatic carbocycles. The third-order valence-corrected chi connectivity index (χ3v) is 10.3. The maximum absolute atomic E-state index is 13.8. The maximum atomic E-state index is 13.8. The number of pyridine rings is 1. The van der Waals surface area contributed by atoms with Gasteiger partial charge >= 0.3 is 0 Å². The first-order chi connectivity index (χ1) is 29.9. The standard InChI is InChI=1S/C28H29ClFN5O2S.C17H14N4O2S/c1-18-6-4-5-15-35(18)17-26(36)34-25-14-13-21(16-23(25)29)33-28(38)32-20-11-9-19(10-12-20)31-27(37)22-7-2-3-8-24(22)30;18-16(22)15-13(8-10-23-15)11-4-6-12(7-5-11)20-17(24)21-14-3-1-2-9-19-14/h2-3,7-14,16,18H,4-6,15,17H2,1H3,(H,31,37)(H,34,36)(H2,32,33,38);1-10H,(H2,18,22)(H2,19,20,21,24). The largest absolute Gasteiger partial charge is 0.459 e. The first kappa shape index (κ1) is 44.8. The highest BCUT2D eigenvalue weighted by Crippen LogP contribution is 2.28. The Morgan fingerprint density at radius 3 is 2.06 bits per heavy atom. The molecule has 0 radical (unpaired) electrons. The summed E-state index contributed by atoms with van der Waals surface area (Å²) in [5.74, 6) is -0.995. The van der Waals surface area contributed by atoms with Gasteiger partial charge in [-0.25, -0.2) is 9.37 Å². The zero-order valence-electron chi connectivity index (χ0n) is 33.4. The minimum Gasteiger partial charge on any atom is -0.459 e. The zero-order valence-corrected chi connectivity index (χ0v) is 35.8. The number of nitrogens with two attached hydrogens (primary N) is 1. The summed E-state index contributed by atoms with van der Waals surface area (Å²) >= 11 is 17.1. The predicted molar refractivity (Wildman–Crippen MR) is 252 cm³/mol. The molecule has 6 aromatic rings. The van der Waals surface area contributed by atoms with Gasteiger partial charge in [0, 0.05) is 40.6 Å². The van der Waals surface area contributed by atoms with Crippen molar-refractivity contribution >= 4 is 98.2 Å². The maximum Gasteiger partial charge on any atom is 0.285 e. The van der Waals surface area contributed by atoms with Crippen LogP contribution in [0.5, 0.6) is 0 Å². The molecule has 62 heavy (non-hydrogen) atoms. The molecular formula is C45H43ClFN9O4S2. The molecular weight excluding hydrogens is 849 g/mol. The van der Waals surface area contributed by atoms with Crippen molar-refractivity contribution in [1.82, 2.24) is 9.88 Å². The second-order valence-electron chi connectivity index (χ2n) is 14.0. The van der Waals surface area contributed by atoms with Crippen LogP contribution in [0.25, 0.3) is 11.1 Å². The summed E-state index contributed by atoms with van der Waals surface area (Å²) in [5.41, 5.74) is 9.95. The van der Waals surface area contributed by atoms with Crippen molar-refractivity contribution in [2.75, 3.05) is 45.0 Å². The fourth-order valence-electron chi connectivity index (χ4n) is 6.41. The molecule has 1 fully saturated rings. The number of halogens is 2. The zero-order chi connectivity index (χ0) is 44.0. The number of carbonyl (C=O) groups is 3. The van der Waals surface area contributed by atoms with Crippen LogP contribution in [0.3, 0.4) is 0 Å². The van der Waals surface area contributed by atoms with Crippen molar-refractivity contribution in [1.29, 1.82) is 0 Å². The van der Waals surface area contributed by atoms with Gasteiger partial charge in [-0.2, -0.15) is 0 Å². The van der Waals surface area contributed by atoms with Gasteiger partial charge in [0.2, 0.25) is 5.91 Å². The number of piperidine rings is 1. The molecule has 318 valence electrons. The topological polar surface area (TPSA) is 179 Å². The summed E-state index contributed by atoms with van der Waals surface area (Å²) in [4.78, 5) is 42.5. The van der Waals surface area contributed by atoms with E-state index in [2.05, 4.69) is 48.7 Å². The van der Waals surface area contributed by atoms with Crippen LogP contribution < -0.4 is 37.6 Å². The fourth-order valence-corrected chi connectivity index (χ4v) is 7.10. The van der Waals surface area contributed by atoms with Gasteiger partial charge < -0.3 is 42.1 Å². The number of benzene rings is 4. The summed E-state index contributed by atoms with van der Waals surface area (Å²) in [7, 11) is 0.